The van der Waals surface area contributed by atoms with Crippen molar-refractivity contribution in [3.05, 3.63) is 35.4 Å². The summed E-state index contributed by atoms with van der Waals surface area (Å²) in [7, 11) is 0. The van der Waals surface area contributed by atoms with Crippen molar-refractivity contribution >= 4 is 0 Å². The summed E-state index contributed by atoms with van der Waals surface area (Å²) >= 11 is 0. The molecule has 1 aromatic rings. The molecule has 0 saturated carbocycles. The Balaban J connectivity index is 2.84. The highest BCUT2D eigenvalue weighted by Crippen LogP contribution is 2.03. The van der Waals surface area contributed by atoms with Gasteiger partial charge in [0, 0.05) is 11.5 Å². The molecule has 0 N–H and O–H groups in total. The van der Waals surface area contributed by atoms with Crippen molar-refractivity contribution in [2.45, 2.75) is 6.42 Å². The molecule has 13 heavy (non-hydrogen) atoms. The Morgan fingerprint density at radius 1 is 1.08 bits per heavy atom. The van der Waals surface area contributed by atoms with Crippen LogP contribution >= 0.6 is 0 Å². The Morgan fingerprint density at radius 2 is 1.77 bits per heavy atom. The van der Waals surface area contributed by atoms with E-state index in [2.05, 4.69) is 17.9 Å². The maximum absolute atomic E-state index is 8.41. The Kier molecular flexibility index (Phi) is 3.13. The van der Waals surface area contributed by atoms with Gasteiger partial charge in [0.15, 0.2) is 6.07 Å². The molecule has 0 saturated heterocycles. The molecule has 0 amide bonds. The van der Waals surface area contributed by atoms with Crippen molar-refractivity contribution in [1.29, 1.82) is 10.5 Å². The van der Waals surface area contributed by atoms with Crippen LogP contribution in [0.3, 0.4) is 0 Å². The number of nitriles is 2. The fourth-order valence-electron chi connectivity index (χ4n) is 0.897. The molecule has 2 nitrogen and oxygen atoms in total. The number of hydrogen-bond donors (Lipinski definition) is 0. The minimum Gasteiger partial charge on any atom is -0.198 e. The summed E-state index contributed by atoms with van der Waals surface area (Å²) < 4.78 is 0. The van der Waals surface area contributed by atoms with Gasteiger partial charge in [0.25, 0.3) is 0 Å². The van der Waals surface area contributed by atoms with Gasteiger partial charge in [0.05, 0.1) is 12.5 Å². The number of hydrogen-bond acceptors (Lipinski definition) is 2. The Bertz CT molecular complexity index is 418. The Hall–Kier alpha value is -2.24. The molecule has 0 aliphatic heterocycles. The third-order valence-corrected chi connectivity index (χ3v) is 1.50. The first-order valence-electron chi connectivity index (χ1n) is 3.73. The van der Waals surface area contributed by atoms with Crippen molar-refractivity contribution in [2.24, 2.45) is 0 Å². The summed E-state index contributed by atoms with van der Waals surface area (Å²) in [5.41, 5.74) is 1.76. The summed E-state index contributed by atoms with van der Waals surface area (Å²) in [5, 5.41) is 16.6. The summed E-state index contributed by atoms with van der Waals surface area (Å²) in [6, 6.07) is 11.1. The number of nitrogens with zero attached hydrogens (tertiary/aromatic N) is 2. The van der Waals surface area contributed by atoms with Crippen LogP contribution in [0.15, 0.2) is 24.3 Å². The van der Waals surface area contributed by atoms with E-state index in [1.807, 2.05) is 12.1 Å². The molecule has 0 spiro atoms. The first-order chi connectivity index (χ1) is 6.36. The maximum atomic E-state index is 8.41. The van der Waals surface area contributed by atoms with Crippen LogP contribution in [0, 0.1) is 34.5 Å². The first-order valence-corrected chi connectivity index (χ1v) is 3.73. The average Bonchev–Trinajstić information content (AvgIpc) is 2.17. The summed E-state index contributed by atoms with van der Waals surface area (Å²) in [5.74, 6) is 4.98. The molecule has 0 bridgehead atoms. The van der Waals surface area contributed by atoms with E-state index < -0.39 is 0 Å². The molecule has 1 aromatic carbocycles. The lowest BCUT2D eigenvalue weighted by atomic mass is 10.1. The molecular weight excluding hydrogens is 160 g/mol. The second-order valence-corrected chi connectivity index (χ2v) is 2.39. The fraction of sp³-hybridized carbons (Fsp3) is 0.0909. The van der Waals surface area contributed by atoms with Gasteiger partial charge in [-0.25, -0.2) is 0 Å². The summed E-state index contributed by atoms with van der Waals surface area (Å²) in [4.78, 5) is 0. The standard InChI is InChI=1S/C11H6N2/c12-8-1-2-10-3-5-11(6-4-10)7-9-13/h3-6H,7H2. The van der Waals surface area contributed by atoms with Crippen LogP contribution in [-0.4, -0.2) is 0 Å². The third-order valence-electron chi connectivity index (χ3n) is 1.50. The zero-order valence-corrected chi connectivity index (χ0v) is 6.91. The van der Waals surface area contributed by atoms with Crippen LogP contribution in [0.4, 0.5) is 0 Å². The molecule has 0 aliphatic carbocycles. The molecule has 0 atom stereocenters. The van der Waals surface area contributed by atoms with Gasteiger partial charge in [-0.1, -0.05) is 18.1 Å². The zero-order chi connectivity index (χ0) is 9.52. The van der Waals surface area contributed by atoms with E-state index in [1.54, 1.807) is 18.2 Å². The van der Waals surface area contributed by atoms with E-state index in [-0.39, 0.29) is 0 Å². The predicted octanol–water partition coefficient (Wildman–Crippen LogP) is 1.63. The van der Waals surface area contributed by atoms with Gasteiger partial charge < -0.3 is 0 Å². The monoisotopic (exact) mass is 166 g/mol. The minimum absolute atomic E-state index is 0.409. The second kappa shape index (κ2) is 4.60. The largest absolute Gasteiger partial charge is 0.198 e. The van der Waals surface area contributed by atoms with Gasteiger partial charge in [-0.05, 0) is 17.7 Å². The molecule has 0 aliphatic rings. The zero-order valence-electron chi connectivity index (χ0n) is 6.91. The van der Waals surface area contributed by atoms with Crippen LogP contribution in [0.1, 0.15) is 11.1 Å². The topological polar surface area (TPSA) is 47.6 Å². The smallest absolute Gasteiger partial charge is 0.152 e. The predicted molar refractivity (Wildman–Crippen MR) is 48.3 cm³/mol. The normalized spacial score (nSPS) is 7.54. The summed E-state index contributed by atoms with van der Waals surface area (Å²) in [6.07, 6.45) is 0.409. The van der Waals surface area contributed by atoms with Gasteiger partial charge >= 0.3 is 0 Å². The lowest BCUT2D eigenvalue weighted by molar-refractivity contribution is 1.26. The Labute approximate surface area is 77.0 Å². The van der Waals surface area contributed by atoms with E-state index in [0.29, 0.717) is 6.42 Å². The molecule has 2 heteroatoms. The lowest BCUT2D eigenvalue weighted by Gasteiger charge is -1.92. The molecular formula is C11H6N2. The van der Waals surface area contributed by atoms with Gasteiger partial charge in [0.2, 0.25) is 0 Å². The van der Waals surface area contributed by atoms with Crippen molar-refractivity contribution < 1.29 is 0 Å². The lowest BCUT2D eigenvalue weighted by Crippen LogP contribution is -1.81. The summed E-state index contributed by atoms with van der Waals surface area (Å²) in [6.45, 7) is 0. The molecule has 0 fully saturated rings. The first kappa shape index (κ1) is 8.85. The van der Waals surface area contributed by atoms with Crippen LogP contribution in [0.5, 0.6) is 0 Å². The van der Waals surface area contributed by atoms with Crippen molar-refractivity contribution in [2.75, 3.05) is 0 Å². The molecule has 60 valence electrons. The van der Waals surface area contributed by atoms with Crippen molar-refractivity contribution in [3.63, 3.8) is 0 Å². The number of benzene rings is 1. The molecule has 1 rings (SSSR count). The highest BCUT2D eigenvalue weighted by molar-refractivity contribution is 5.39. The molecule has 0 unspecified atom stereocenters. The van der Waals surface area contributed by atoms with E-state index in [4.69, 9.17) is 10.5 Å². The fourth-order valence-corrected chi connectivity index (χ4v) is 0.897. The van der Waals surface area contributed by atoms with E-state index >= 15 is 0 Å². The van der Waals surface area contributed by atoms with Gasteiger partial charge in [-0.3, -0.25) is 0 Å². The van der Waals surface area contributed by atoms with Crippen molar-refractivity contribution in [1.82, 2.24) is 0 Å². The minimum atomic E-state index is 0.409. The van der Waals surface area contributed by atoms with Crippen LogP contribution in [-0.2, 0) is 6.42 Å². The van der Waals surface area contributed by atoms with Crippen LogP contribution in [0.2, 0.25) is 0 Å². The quantitative estimate of drug-likeness (QED) is 0.595. The number of rotatable bonds is 1. The van der Waals surface area contributed by atoms with Gasteiger partial charge in [0.1, 0.15) is 0 Å². The van der Waals surface area contributed by atoms with Gasteiger partial charge in [-0.15, -0.1) is 0 Å². The molecule has 0 heterocycles. The van der Waals surface area contributed by atoms with E-state index in [0.717, 1.165) is 11.1 Å². The Morgan fingerprint density at radius 3 is 2.31 bits per heavy atom. The van der Waals surface area contributed by atoms with Crippen molar-refractivity contribution in [3.8, 4) is 24.0 Å². The average molecular weight is 166 g/mol. The SMILES string of the molecule is N#CC#Cc1ccc(CC#N)cc1. The highest BCUT2D eigenvalue weighted by Gasteiger charge is 1.90. The second-order valence-electron chi connectivity index (χ2n) is 2.39. The molecule has 0 aromatic heterocycles. The van der Waals surface area contributed by atoms with Crippen LogP contribution < -0.4 is 0 Å². The van der Waals surface area contributed by atoms with Gasteiger partial charge in [-0.2, -0.15) is 10.5 Å². The maximum Gasteiger partial charge on any atom is 0.152 e. The molecule has 0 radical (unpaired) electrons. The van der Waals surface area contributed by atoms with E-state index in [9.17, 15) is 0 Å². The van der Waals surface area contributed by atoms with E-state index in [1.165, 1.54) is 0 Å². The highest BCUT2D eigenvalue weighted by atomic mass is 14.2. The van der Waals surface area contributed by atoms with Crippen LogP contribution in [0.25, 0.3) is 0 Å². The third kappa shape index (κ3) is 2.70.